The van der Waals surface area contributed by atoms with Crippen molar-refractivity contribution in [1.29, 1.82) is 0 Å². The van der Waals surface area contributed by atoms with Crippen LogP contribution >= 0.6 is 0 Å². The second-order valence-corrected chi connectivity index (χ2v) is 4.59. The van der Waals surface area contributed by atoms with Crippen molar-refractivity contribution in [3.05, 3.63) is 59.3 Å². The lowest BCUT2D eigenvalue weighted by atomic mass is 10.1. The Bertz CT molecular complexity index is 565. The van der Waals surface area contributed by atoms with Gasteiger partial charge in [0.15, 0.2) is 5.78 Å². The van der Waals surface area contributed by atoms with E-state index in [0.717, 1.165) is 18.9 Å². The van der Waals surface area contributed by atoms with Gasteiger partial charge in [0.25, 0.3) is 0 Å². The molecule has 3 rings (SSSR count). The number of carbonyl (C=O) groups excluding carboxylic acids is 1. The Morgan fingerprint density at radius 1 is 1.11 bits per heavy atom. The van der Waals surface area contributed by atoms with Gasteiger partial charge >= 0.3 is 0 Å². The first-order valence-corrected chi connectivity index (χ1v) is 6.03. The molecule has 1 aliphatic heterocycles. The number of hydrogen-bond donors (Lipinski definition) is 0. The molecule has 90 valence electrons. The standard InChI is InChI=1S/C15H14N2O/c1-11(18)12-6-7-15(16-8-12)17-9-13-4-2-3-5-14(13)10-17/h2-8H,9-10H2,1H3. The monoisotopic (exact) mass is 238 g/mol. The minimum atomic E-state index is 0.0544. The van der Waals surface area contributed by atoms with E-state index < -0.39 is 0 Å². The topological polar surface area (TPSA) is 33.2 Å². The summed E-state index contributed by atoms with van der Waals surface area (Å²) in [5, 5.41) is 0. The number of fused-ring (bicyclic) bond motifs is 1. The number of nitrogens with zero attached hydrogens (tertiary/aromatic N) is 2. The summed E-state index contributed by atoms with van der Waals surface area (Å²) in [5.41, 5.74) is 3.38. The number of aromatic nitrogens is 1. The van der Waals surface area contributed by atoms with Crippen LogP contribution in [0.4, 0.5) is 5.82 Å². The molecule has 3 nitrogen and oxygen atoms in total. The Labute approximate surface area is 106 Å². The molecule has 0 aliphatic carbocycles. The van der Waals surface area contributed by atoms with Crippen LogP contribution in [0.2, 0.25) is 0 Å². The second-order valence-electron chi connectivity index (χ2n) is 4.59. The van der Waals surface area contributed by atoms with Crippen molar-refractivity contribution >= 4 is 11.6 Å². The average Bonchev–Trinajstić information content (AvgIpc) is 2.82. The Morgan fingerprint density at radius 3 is 2.28 bits per heavy atom. The van der Waals surface area contributed by atoms with E-state index in [2.05, 4.69) is 34.1 Å². The highest BCUT2D eigenvalue weighted by atomic mass is 16.1. The molecule has 0 unspecified atom stereocenters. The van der Waals surface area contributed by atoms with Crippen LogP contribution in [0.5, 0.6) is 0 Å². The van der Waals surface area contributed by atoms with Gasteiger partial charge in [-0.2, -0.15) is 0 Å². The summed E-state index contributed by atoms with van der Waals surface area (Å²) in [7, 11) is 0. The van der Waals surface area contributed by atoms with Crippen LogP contribution in [0.15, 0.2) is 42.6 Å². The number of rotatable bonds is 2. The highest BCUT2D eigenvalue weighted by Gasteiger charge is 2.19. The number of Topliss-reactive ketones (excluding diaryl/α,β-unsaturated/α-hetero) is 1. The molecule has 0 atom stereocenters. The van der Waals surface area contributed by atoms with Gasteiger partial charge in [-0.15, -0.1) is 0 Å². The molecule has 2 heterocycles. The summed E-state index contributed by atoms with van der Waals surface area (Å²) in [4.78, 5) is 17.8. The van der Waals surface area contributed by atoms with Gasteiger partial charge in [0, 0.05) is 24.8 Å². The van der Waals surface area contributed by atoms with E-state index in [1.54, 1.807) is 13.1 Å². The number of anilines is 1. The van der Waals surface area contributed by atoms with E-state index in [4.69, 9.17) is 0 Å². The third-order valence-electron chi connectivity index (χ3n) is 3.32. The molecule has 1 aliphatic rings. The van der Waals surface area contributed by atoms with E-state index in [1.807, 2.05) is 12.1 Å². The summed E-state index contributed by atoms with van der Waals surface area (Å²) < 4.78 is 0. The predicted molar refractivity (Wildman–Crippen MR) is 70.6 cm³/mol. The van der Waals surface area contributed by atoms with Crippen LogP contribution in [-0.2, 0) is 13.1 Å². The number of pyridine rings is 1. The van der Waals surface area contributed by atoms with Gasteiger partial charge in [-0.1, -0.05) is 24.3 Å². The van der Waals surface area contributed by atoms with E-state index in [0.29, 0.717) is 5.56 Å². The van der Waals surface area contributed by atoms with Crippen molar-refractivity contribution in [3.8, 4) is 0 Å². The van der Waals surface area contributed by atoms with Crippen LogP contribution in [0, 0.1) is 0 Å². The van der Waals surface area contributed by atoms with Crippen LogP contribution in [0.3, 0.4) is 0 Å². The third kappa shape index (κ3) is 1.88. The van der Waals surface area contributed by atoms with Gasteiger partial charge in [0.05, 0.1) is 0 Å². The first kappa shape index (κ1) is 11.0. The molecule has 0 saturated carbocycles. The van der Waals surface area contributed by atoms with Crippen molar-refractivity contribution in [2.24, 2.45) is 0 Å². The summed E-state index contributed by atoms with van der Waals surface area (Å²) in [6.07, 6.45) is 1.65. The first-order valence-electron chi connectivity index (χ1n) is 6.03. The molecule has 3 heteroatoms. The zero-order chi connectivity index (χ0) is 12.5. The Kier molecular flexibility index (Phi) is 2.59. The molecule has 0 amide bonds. The Balaban J connectivity index is 1.84. The maximum atomic E-state index is 11.2. The average molecular weight is 238 g/mol. The molecule has 0 saturated heterocycles. The first-order chi connectivity index (χ1) is 8.74. The van der Waals surface area contributed by atoms with E-state index in [9.17, 15) is 4.79 Å². The molecular formula is C15H14N2O. The van der Waals surface area contributed by atoms with Crippen LogP contribution in [0.1, 0.15) is 28.4 Å². The lowest BCUT2D eigenvalue weighted by Crippen LogP contribution is -2.16. The number of ketones is 1. The van der Waals surface area contributed by atoms with E-state index in [1.165, 1.54) is 11.1 Å². The minimum absolute atomic E-state index is 0.0544. The highest BCUT2D eigenvalue weighted by molar-refractivity contribution is 5.93. The van der Waals surface area contributed by atoms with Gasteiger partial charge in [-0.3, -0.25) is 4.79 Å². The minimum Gasteiger partial charge on any atom is -0.348 e. The molecular weight excluding hydrogens is 224 g/mol. The summed E-state index contributed by atoms with van der Waals surface area (Å²) in [5.74, 6) is 0.981. The van der Waals surface area contributed by atoms with Crippen molar-refractivity contribution < 1.29 is 4.79 Å². The maximum absolute atomic E-state index is 11.2. The number of benzene rings is 1. The normalized spacial score (nSPS) is 13.5. The van der Waals surface area contributed by atoms with Crippen molar-refractivity contribution in [2.75, 3.05) is 4.90 Å². The van der Waals surface area contributed by atoms with Gasteiger partial charge in [-0.25, -0.2) is 4.98 Å². The highest BCUT2D eigenvalue weighted by Crippen LogP contribution is 2.26. The molecule has 0 fully saturated rings. The molecule has 1 aromatic carbocycles. The summed E-state index contributed by atoms with van der Waals surface area (Å²) in [6.45, 7) is 3.34. The Hall–Kier alpha value is -2.16. The van der Waals surface area contributed by atoms with Crippen molar-refractivity contribution in [2.45, 2.75) is 20.0 Å². The van der Waals surface area contributed by atoms with E-state index >= 15 is 0 Å². The van der Waals surface area contributed by atoms with Crippen LogP contribution < -0.4 is 4.90 Å². The summed E-state index contributed by atoms with van der Waals surface area (Å²) in [6, 6.07) is 12.2. The van der Waals surface area contributed by atoms with Gasteiger partial charge in [0.1, 0.15) is 5.82 Å². The van der Waals surface area contributed by atoms with Crippen LogP contribution in [-0.4, -0.2) is 10.8 Å². The van der Waals surface area contributed by atoms with Gasteiger partial charge in [0.2, 0.25) is 0 Å². The quantitative estimate of drug-likeness (QED) is 0.754. The zero-order valence-corrected chi connectivity index (χ0v) is 10.3. The SMILES string of the molecule is CC(=O)c1ccc(N2Cc3ccccc3C2)nc1. The fraction of sp³-hybridized carbons (Fsp3) is 0.200. The smallest absolute Gasteiger partial charge is 0.161 e. The third-order valence-corrected chi connectivity index (χ3v) is 3.32. The maximum Gasteiger partial charge on any atom is 0.161 e. The van der Waals surface area contributed by atoms with Crippen molar-refractivity contribution in [3.63, 3.8) is 0 Å². The van der Waals surface area contributed by atoms with Gasteiger partial charge < -0.3 is 4.90 Å². The number of hydrogen-bond acceptors (Lipinski definition) is 3. The molecule has 1 aromatic heterocycles. The lowest BCUT2D eigenvalue weighted by molar-refractivity contribution is 0.101. The van der Waals surface area contributed by atoms with Crippen molar-refractivity contribution in [1.82, 2.24) is 4.98 Å². The lowest BCUT2D eigenvalue weighted by Gasteiger charge is -2.16. The van der Waals surface area contributed by atoms with Gasteiger partial charge in [-0.05, 0) is 30.2 Å². The fourth-order valence-electron chi connectivity index (χ4n) is 2.28. The molecule has 0 radical (unpaired) electrons. The predicted octanol–water partition coefficient (Wildman–Crippen LogP) is 2.80. The fourth-order valence-corrected chi connectivity index (χ4v) is 2.28. The molecule has 2 aromatic rings. The van der Waals surface area contributed by atoms with E-state index in [-0.39, 0.29) is 5.78 Å². The Morgan fingerprint density at radius 2 is 1.78 bits per heavy atom. The largest absolute Gasteiger partial charge is 0.348 e. The molecule has 0 N–H and O–H groups in total. The zero-order valence-electron chi connectivity index (χ0n) is 10.3. The molecule has 18 heavy (non-hydrogen) atoms. The van der Waals surface area contributed by atoms with Crippen LogP contribution in [0.25, 0.3) is 0 Å². The molecule has 0 spiro atoms. The second kappa shape index (κ2) is 4.26. The molecule has 0 bridgehead atoms. The summed E-state index contributed by atoms with van der Waals surface area (Å²) >= 11 is 0. The number of carbonyl (C=O) groups is 1.